The van der Waals surface area contributed by atoms with Gasteiger partial charge in [-0.05, 0) is 18.6 Å². The second kappa shape index (κ2) is 4.14. The van der Waals surface area contributed by atoms with Gasteiger partial charge in [0.15, 0.2) is 0 Å². The third-order valence-electron chi connectivity index (χ3n) is 2.44. The van der Waals surface area contributed by atoms with E-state index in [4.69, 9.17) is 11.1 Å². The fourth-order valence-corrected chi connectivity index (χ4v) is 1.48. The van der Waals surface area contributed by atoms with Crippen molar-refractivity contribution in [3.05, 3.63) is 53.9 Å². The topological polar surface area (TPSA) is 62.8 Å². The van der Waals surface area contributed by atoms with E-state index in [1.54, 1.807) is 0 Å². The van der Waals surface area contributed by atoms with Crippen molar-refractivity contribution in [3.8, 4) is 11.1 Å². The monoisotopic (exact) mass is 211 g/mol. The third kappa shape index (κ3) is 2.08. The zero-order valence-corrected chi connectivity index (χ0v) is 9.07. The van der Waals surface area contributed by atoms with E-state index in [1.807, 2.05) is 49.5 Å². The Balaban J connectivity index is 2.34. The summed E-state index contributed by atoms with van der Waals surface area (Å²) in [6.45, 7) is 1.96. The number of nitrogens with one attached hydrogen (secondary N) is 1. The van der Waals surface area contributed by atoms with Crippen molar-refractivity contribution in [1.29, 1.82) is 5.41 Å². The van der Waals surface area contributed by atoms with Crippen LogP contribution >= 0.6 is 0 Å². The third-order valence-corrected chi connectivity index (χ3v) is 2.44. The molecule has 0 fully saturated rings. The minimum atomic E-state index is 0.0913. The van der Waals surface area contributed by atoms with Crippen molar-refractivity contribution < 1.29 is 0 Å². The van der Waals surface area contributed by atoms with Crippen LogP contribution in [0.15, 0.2) is 42.6 Å². The van der Waals surface area contributed by atoms with Gasteiger partial charge in [-0.2, -0.15) is 0 Å². The van der Waals surface area contributed by atoms with Crippen LogP contribution in [0, 0.1) is 12.3 Å². The van der Waals surface area contributed by atoms with Crippen LogP contribution in [-0.4, -0.2) is 10.8 Å². The molecule has 1 aromatic carbocycles. The highest BCUT2D eigenvalue weighted by molar-refractivity contribution is 5.95. The van der Waals surface area contributed by atoms with Gasteiger partial charge in [0.1, 0.15) is 5.84 Å². The fraction of sp³-hybridized carbons (Fsp3) is 0.0769. The van der Waals surface area contributed by atoms with Gasteiger partial charge in [-0.15, -0.1) is 0 Å². The average Bonchev–Trinajstić information content (AvgIpc) is 2.30. The van der Waals surface area contributed by atoms with Gasteiger partial charge in [0.2, 0.25) is 0 Å². The molecule has 2 aromatic rings. The van der Waals surface area contributed by atoms with Crippen molar-refractivity contribution in [2.75, 3.05) is 0 Å². The molecular weight excluding hydrogens is 198 g/mol. The second-order valence-electron chi connectivity index (χ2n) is 3.68. The molecular formula is C13H13N3. The summed E-state index contributed by atoms with van der Waals surface area (Å²) < 4.78 is 0. The van der Waals surface area contributed by atoms with Crippen LogP contribution < -0.4 is 5.73 Å². The van der Waals surface area contributed by atoms with Crippen LogP contribution in [0.25, 0.3) is 11.1 Å². The Morgan fingerprint density at radius 3 is 2.19 bits per heavy atom. The highest BCUT2D eigenvalue weighted by atomic mass is 14.7. The highest BCUT2D eigenvalue weighted by Crippen LogP contribution is 2.18. The zero-order valence-electron chi connectivity index (χ0n) is 9.07. The quantitative estimate of drug-likeness (QED) is 0.591. The van der Waals surface area contributed by atoms with Gasteiger partial charge in [0.05, 0.1) is 0 Å². The second-order valence-corrected chi connectivity index (χ2v) is 3.68. The first-order valence-electron chi connectivity index (χ1n) is 5.04. The summed E-state index contributed by atoms with van der Waals surface area (Å²) in [5, 5.41) is 7.30. The van der Waals surface area contributed by atoms with Crippen molar-refractivity contribution in [1.82, 2.24) is 4.98 Å². The van der Waals surface area contributed by atoms with E-state index in [1.165, 1.54) is 0 Å². The lowest BCUT2D eigenvalue weighted by Crippen LogP contribution is -2.10. The molecule has 0 spiro atoms. The van der Waals surface area contributed by atoms with Crippen molar-refractivity contribution >= 4 is 5.84 Å². The molecule has 0 aliphatic heterocycles. The number of nitrogens with zero attached hydrogens (tertiary/aromatic N) is 1. The van der Waals surface area contributed by atoms with Crippen LogP contribution in [0.4, 0.5) is 0 Å². The zero-order chi connectivity index (χ0) is 11.5. The number of amidine groups is 1. The predicted molar refractivity (Wildman–Crippen MR) is 65.4 cm³/mol. The van der Waals surface area contributed by atoms with Gasteiger partial charge in [-0.3, -0.25) is 10.4 Å². The molecule has 1 heterocycles. The molecule has 0 aliphatic rings. The summed E-state index contributed by atoms with van der Waals surface area (Å²) in [6.07, 6.45) is 1.85. The van der Waals surface area contributed by atoms with E-state index >= 15 is 0 Å². The Kier molecular flexibility index (Phi) is 2.68. The smallest absolute Gasteiger partial charge is 0.122 e. The summed E-state index contributed by atoms with van der Waals surface area (Å²) in [4.78, 5) is 4.25. The number of rotatable bonds is 2. The van der Waals surface area contributed by atoms with Crippen molar-refractivity contribution in [3.63, 3.8) is 0 Å². The first kappa shape index (κ1) is 10.4. The first-order chi connectivity index (χ1) is 7.66. The summed E-state index contributed by atoms with van der Waals surface area (Å²) in [7, 11) is 0. The molecule has 0 amide bonds. The molecule has 3 heteroatoms. The Morgan fingerprint density at radius 2 is 1.69 bits per heavy atom. The van der Waals surface area contributed by atoms with E-state index < -0.39 is 0 Å². The fourth-order valence-electron chi connectivity index (χ4n) is 1.48. The van der Waals surface area contributed by atoms with Crippen LogP contribution in [0.2, 0.25) is 0 Å². The van der Waals surface area contributed by atoms with Crippen LogP contribution in [0.1, 0.15) is 11.3 Å². The molecule has 0 aliphatic carbocycles. The summed E-state index contributed by atoms with van der Waals surface area (Å²) >= 11 is 0. The molecule has 0 atom stereocenters. The van der Waals surface area contributed by atoms with Crippen LogP contribution in [0.3, 0.4) is 0 Å². The summed E-state index contributed by atoms with van der Waals surface area (Å²) in [6, 6.07) is 11.6. The lowest BCUT2D eigenvalue weighted by molar-refractivity contribution is 1.20. The normalized spacial score (nSPS) is 10.1. The molecule has 0 saturated heterocycles. The molecule has 0 saturated carbocycles. The van der Waals surface area contributed by atoms with Gasteiger partial charge < -0.3 is 5.73 Å². The number of pyridine rings is 1. The maximum atomic E-state index is 7.30. The molecule has 0 bridgehead atoms. The number of hydrogen-bond donors (Lipinski definition) is 2. The van der Waals surface area contributed by atoms with Gasteiger partial charge in [0, 0.05) is 23.0 Å². The van der Waals surface area contributed by atoms with E-state index in [-0.39, 0.29) is 5.84 Å². The molecule has 2 rings (SSSR count). The average molecular weight is 211 g/mol. The molecule has 1 aromatic heterocycles. The lowest BCUT2D eigenvalue weighted by Gasteiger charge is -2.03. The Hall–Kier alpha value is -2.16. The first-order valence-corrected chi connectivity index (χ1v) is 5.04. The standard InChI is InChI=1S/C13H13N3/c1-9-2-3-12(8-16-9)10-4-6-11(7-5-10)13(14)15/h2-8H,1H3,(H3,14,15). The number of nitrogens with two attached hydrogens (primary N) is 1. The van der Waals surface area contributed by atoms with Crippen molar-refractivity contribution in [2.45, 2.75) is 6.92 Å². The molecule has 16 heavy (non-hydrogen) atoms. The summed E-state index contributed by atoms with van der Waals surface area (Å²) in [5.41, 5.74) is 9.29. The highest BCUT2D eigenvalue weighted by Gasteiger charge is 1.99. The molecule has 80 valence electrons. The minimum Gasteiger partial charge on any atom is -0.384 e. The van der Waals surface area contributed by atoms with E-state index in [2.05, 4.69) is 4.98 Å². The van der Waals surface area contributed by atoms with E-state index in [9.17, 15) is 0 Å². The molecule has 0 unspecified atom stereocenters. The minimum absolute atomic E-state index is 0.0913. The van der Waals surface area contributed by atoms with Crippen LogP contribution in [0.5, 0.6) is 0 Å². The molecule has 3 nitrogen and oxygen atoms in total. The lowest BCUT2D eigenvalue weighted by atomic mass is 10.1. The van der Waals surface area contributed by atoms with Crippen molar-refractivity contribution in [2.24, 2.45) is 5.73 Å². The number of benzene rings is 1. The Bertz CT molecular complexity index is 498. The molecule has 3 N–H and O–H groups in total. The van der Waals surface area contributed by atoms with E-state index in [0.29, 0.717) is 0 Å². The summed E-state index contributed by atoms with van der Waals surface area (Å²) in [5.74, 6) is 0.0913. The Labute approximate surface area is 94.5 Å². The van der Waals surface area contributed by atoms with Gasteiger partial charge in [-0.1, -0.05) is 30.3 Å². The Morgan fingerprint density at radius 1 is 1.06 bits per heavy atom. The maximum absolute atomic E-state index is 7.30. The maximum Gasteiger partial charge on any atom is 0.122 e. The number of aryl methyl sites for hydroxylation is 1. The van der Waals surface area contributed by atoms with Gasteiger partial charge >= 0.3 is 0 Å². The number of aromatic nitrogens is 1. The predicted octanol–water partition coefficient (Wildman–Crippen LogP) is 2.34. The van der Waals surface area contributed by atoms with E-state index in [0.717, 1.165) is 22.4 Å². The van der Waals surface area contributed by atoms with Gasteiger partial charge in [-0.25, -0.2) is 0 Å². The SMILES string of the molecule is Cc1ccc(-c2ccc(C(=N)N)cc2)cn1. The number of nitrogen functional groups attached to an aromatic ring is 1. The van der Waals surface area contributed by atoms with Gasteiger partial charge in [0.25, 0.3) is 0 Å². The van der Waals surface area contributed by atoms with Crippen LogP contribution in [-0.2, 0) is 0 Å². The molecule has 0 radical (unpaired) electrons. The number of hydrogen-bond acceptors (Lipinski definition) is 2. The largest absolute Gasteiger partial charge is 0.384 e.